The summed E-state index contributed by atoms with van der Waals surface area (Å²) in [6.45, 7) is 0.177. The lowest BCUT2D eigenvalue weighted by Crippen LogP contribution is -2.40. The summed E-state index contributed by atoms with van der Waals surface area (Å²) in [6, 6.07) is 11.1. The van der Waals surface area contributed by atoms with Crippen LogP contribution in [0.15, 0.2) is 36.4 Å². The van der Waals surface area contributed by atoms with Gasteiger partial charge in [0.25, 0.3) is 0 Å². The fourth-order valence-corrected chi connectivity index (χ4v) is 7.90. The maximum absolute atomic E-state index is 14.8. The van der Waals surface area contributed by atoms with E-state index >= 15 is 0 Å². The summed E-state index contributed by atoms with van der Waals surface area (Å²) in [5.74, 6) is -0.328. The second-order valence-corrected chi connectivity index (χ2v) is 12.1. The summed E-state index contributed by atoms with van der Waals surface area (Å²) >= 11 is 0. The van der Waals surface area contributed by atoms with E-state index in [1.807, 2.05) is 6.07 Å². The van der Waals surface area contributed by atoms with Crippen LogP contribution in [-0.4, -0.2) is 50.9 Å². The second-order valence-electron chi connectivity index (χ2n) is 10.1. The van der Waals surface area contributed by atoms with E-state index in [9.17, 15) is 17.2 Å². The van der Waals surface area contributed by atoms with Crippen LogP contribution in [-0.2, 0) is 22.9 Å². The Hall–Kier alpha value is -2.03. The minimum atomic E-state index is -3.32. The molecule has 2 aromatic carbocycles. The second kappa shape index (κ2) is 7.48. The van der Waals surface area contributed by atoms with Gasteiger partial charge in [0.1, 0.15) is 12.4 Å². The molecule has 33 heavy (non-hydrogen) atoms. The van der Waals surface area contributed by atoms with Crippen molar-refractivity contribution in [3.63, 3.8) is 0 Å². The summed E-state index contributed by atoms with van der Waals surface area (Å²) in [4.78, 5) is 2.34. The summed E-state index contributed by atoms with van der Waals surface area (Å²) in [5, 5.41) is -0.308. The van der Waals surface area contributed by atoms with Gasteiger partial charge in [0.2, 0.25) is 10.0 Å². The van der Waals surface area contributed by atoms with Crippen molar-refractivity contribution >= 4 is 10.0 Å². The number of likely N-dealkylation sites (N-methyl/N-ethyl adjacent to an activating group) is 1. The molecular formula is C25H28F2N2O3S. The predicted molar refractivity (Wildman–Crippen MR) is 121 cm³/mol. The lowest BCUT2D eigenvalue weighted by molar-refractivity contribution is 0.226. The standard InChI is InChI=1S/C25H28F2N2O3S/c1-29-23-24(29)25(23)14-16-12-21(27)22(32-9-8-28-33(30,31)18-6-3-7-18)13-19(16)20(25)11-15-4-2-5-17(26)10-15/h2,4-5,10,12-13,18,20,23-24,28H,3,6-9,11,14H2,1H3. The lowest BCUT2D eigenvalue weighted by atomic mass is 9.81. The first-order valence-electron chi connectivity index (χ1n) is 11.7. The molecule has 0 radical (unpaired) electrons. The Kier molecular flexibility index (Phi) is 4.88. The van der Waals surface area contributed by atoms with Crippen LogP contribution in [0.5, 0.6) is 5.75 Å². The van der Waals surface area contributed by atoms with Crippen molar-refractivity contribution in [3.8, 4) is 5.75 Å². The molecule has 8 heteroatoms. The Morgan fingerprint density at radius 3 is 2.64 bits per heavy atom. The molecule has 4 aliphatic rings. The van der Waals surface area contributed by atoms with Crippen LogP contribution in [0.25, 0.3) is 0 Å². The number of hydrogen-bond acceptors (Lipinski definition) is 4. The third kappa shape index (κ3) is 3.41. The maximum Gasteiger partial charge on any atom is 0.214 e. The number of halogens is 2. The number of fused-ring (bicyclic) bond motifs is 4. The molecule has 1 saturated heterocycles. The van der Waals surface area contributed by atoms with Crippen molar-refractivity contribution in [1.29, 1.82) is 0 Å². The van der Waals surface area contributed by atoms with Crippen molar-refractivity contribution < 1.29 is 21.9 Å². The number of likely N-dealkylation sites (tertiary alicyclic amines) is 1. The predicted octanol–water partition coefficient (Wildman–Crippen LogP) is 3.38. The number of ether oxygens (including phenoxy) is 1. The topological polar surface area (TPSA) is 58.4 Å². The first-order valence-corrected chi connectivity index (χ1v) is 13.3. The molecule has 1 N–H and O–H groups in total. The molecule has 6 rings (SSSR count). The zero-order valence-corrected chi connectivity index (χ0v) is 19.4. The Bertz CT molecular complexity index is 1200. The Morgan fingerprint density at radius 1 is 1.18 bits per heavy atom. The van der Waals surface area contributed by atoms with Crippen LogP contribution in [0, 0.1) is 17.0 Å². The van der Waals surface area contributed by atoms with Gasteiger partial charge in [0.05, 0.1) is 5.25 Å². The molecule has 3 atom stereocenters. The first-order chi connectivity index (χ1) is 15.8. The average molecular weight is 475 g/mol. The van der Waals surface area contributed by atoms with E-state index in [1.165, 1.54) is 6.07 Å². The van der Waals surface area contributed by atoms with Gasteiger partial charge in [0.15, 0.2) is 11.6 Å². The smallest absolute Gasteiger partial charge is 0.214 e. The van der Waals surface area contributed by atoms with Crippen molar-refractivity contribution in [2.24, 2.45) is 5.41 Å². The fraction of sp³-hybridized carbons (Fsp3) is 0.520. The number of sulfonamides is 1. The van der Waals surface area contributed by atoms with Crippen LogP contribution in [0.2, 0.25) is 0 Å². The van der Waals surface area contributed by atoms with Crippen LogP contribution >= 0.6 is 0 Å². The molecular weight excluding hydrogens is 446 g/mol. The number of rotatable bonds is 8. The van der Waals surface area contributed by atoms with E-state index in [-0.39, 0.29) is 41.3 Å². The molecule has 0 aromatic heterocycles. The van der Waals surface area contributed by atoms with Crippen LogP contribution in [0.3, 0.4) is 0 Å². The summed E-state index contributed by atoms with van der Waals surface area (Å²) < 4.78 is 61.2. The SMILES string of the molecule is CN1C2C1C21Cc2cc(F)c(OCCNS(=O)(=O)C3CCC3)cc2C1Cc1cccc(F)c1. The molecule has 176 valence electrons. The fourth-order valence-electron chi connectivity index (χ4n) is 6.34. The zero-order chi connectivity index (χ0) is 23.0. The number of nitrogens with zero attached hydrogens (tertiary/aromatic N) is 1. The van der Waals surface area contributed by atoms with Crippen LogP contribution in [0.4, 0.5) is 8.78 Å². The van der Waals surface area contributed by atoms with E-state index < -0.39 is 15.8 Å². The van der Waals surface area contributed by atoms with Crippen LogP contribution < -0.4 is 9.46 Å². The van der Waals surface area contributed by atoms with E-state index in [0.29, 0.717) is 31.3 Å². The third-order valence-corrected chi connectivity index (χ3v) is 10.2. The van der Waals surface area contributed by atoms with E-state index in [1.54, 1.807) is 24.3 Å². The van der Waals surface area contributed by atoms with Crippen molar-refractivity contribution in [2.75, 3.05) is 20.2 Å². The van der Waals surface area contributed by atoms with Gasteiger partial charge in [0, 0.05) is 24.0 Å². The van der Waals surface area contributed by atoms with Gasteiger partial charge in [-0.3, -0.25) is 4.90 Å². The van der Waals surface area contributed by atoms with Gasteiger partial charge in [-0.1, -0.05) is 18.6 Å². The van der Waals surface area contributed by atoms with Gasteiger partial charge in [-0.15, -0.1) is 0 Å². The summed E-state index contributed by atoms with van der Waals surface area (Å²) in [5.41, 5.74) is 3.13. The van der Waals surface area contributed by atoms with E-state index in [4.69, 9.17) is 4.74 Å². The molecule has 3 unspecified atom stereocenters. The molecule has 0 amide bonds. The zero-order valence-electron chi connectivity index (χ0n) is 18.6. The Labute approximate surface area is 193 Å². The number of hydrogen-bond donors (Lipinski definition) is 1. The van der Waals surface area contributed by atoms with Crippen molar-refractivity contribution in [2.45, 2.75) is 55.4 Å². The van der Waals surface area contributed by atoms with Crippen molar-refractivity contribution in [1.82, 2.24) is 9.62 Å². The molecule has 1 aliphatic heterocycles. The first kappa shape index (κ1) is 21.5. The Morgan fingerprint density at radius 2 is 1.97 bits per heavy atom. The van der Waals surface area contributed by atoms with E-state index in [0.717, 1.165) is 29.5 Å². The maximum atomic E-state index is 14.8. The monoisotopic (exact) mass is 474 g/mol. The molecule has 5 nitrogen and oxygen atoms in total. The lowest BCUT2D eigenvalue weighted by Gasteiger charge is -2.29. The van der Waals surface area contributed by atoms with Gasteiger partial charge < -0.3 is 4.74 Å². The van der Waals surface area contributed by atoms with Gasteiger partial charge >= 0.3 is 0 Å². The largest absolute Gasteiger partial charge is 0.489 e. The molecule has 0 bridgehead atoms. The highest BCUT2D eigenvalue weighted by Gasteiger charge is 2.84. The Balaban J connectivity index is 1.19. The molecule has 2 aromatic rings. The molecule has 3 fully saturated rings. The molecule has 1 spiro atoms. The highest BCUT2D eigenvalue weighted by atomic mass is 32.2. The highest BCUT2D eigenvalue weighted by molar-refractivity contribution is 7.90. The third-order valence-electron chi connectivity index (χ3n) is 8.28. The minimum absolute atomic E-state index is 0.0648. The van der Waals surface area contributed by atoms with Crippen LogP contribution in [0.1, 0.15) is 41.9 Å². The van der Waals surface area contributed by atoms with Gasteiger partial charge in [-0.2, -0.15) is 0 Å². The molecule has 1 heterocycles. The minimum Gasteiger partial charge on any atom is -0.489 e. The number of benzene rings is 2. The molecule has 3 aliphatic carbocycles. The summed E-state index contributed by atoms with van der Waals surface area (Å²) in [6.07, 6.45) is 3.87. The normalized spacial score (nSPS) is 31.7. The quantitative estimate of drug-likeness (QED) is 0.471. The van der Waals surface area contributed by atoms with Crippen molar-refractivity contribution in [3.05, 3.63) is 64.7 Å². The number of nitrogens with one attached hydrogen (secondary N) is 1. The van der Waals surface area contributed by atoms with Gasteiger partial charge in [-0.05, 0) is 79.6 Å². The molecule has 2 saturated carbocycles. The highest BCUT2D eigenvalue weighted by Crippen LogP contribution is 2.76. The van der Waals surface area contributed by atoms with E-state index in [2.05, 4.69) is 16.7 Å². The van der Waals surface area contributed by atoms with Gasteiger partial charge in [-0.25, -0.2) is 21.9 Å². The average Bonchev–Trinajstić information content (AvgIpc) is 3.56. The summed E-state index contributed by atoms with van der Waals surface area (Å²) in [7, 11) is -1.20.